The Morgan fingerprint density at radius 1 is 1.00 bits per heavy atom. The van der Waals surface area contributed by atoms with Crippen LogP contribution in [0.5, 0.6) is 5.75 Å². The number of aliphatic carboxylic acids is 2. The zero-order chi connectivity index (χ0) is 23.8. The number of fused-ring (bicyclic) bond motifs is 1. The molecule has 8 nitrogen and oxygen atoms in total. The molecule has 3 N–H and O–H groups in total. The Morgan fingerprint density at radius 3 is 2.27 bits per heavy atom. The van der Waals surface area contributed by atoms with Crippen molar-refractivity contribution < 1.29 is 24.5 Å². The van der Waals surface area contributed by atoms with E-state index in [1.165, 1.54) is 21.9 Å². The van der Waals surface area contributed by atoms with E-state index in [0.717, 1.165) is 18.0 Å². The van der Waals surface area contributed by atoms with E-state index < -0.39 is 11.9 Å². The van der Waals surface area contributed by atoms with Crippen LogP contribution < -0.4 is 10.1 Å². The Kier molecular flexibility index (Phi) is 7.77. The van der Waals surface area contributed by atoms with Gasteiger partial charge in [0.05, 0.1) is 13.4 Å². The first-order valence-corrected chi connectivity index (χ1v) is 10.2. The molecule has 1 heterocycles. The van der Waals surface area contributed by atoms with Crippen LogP contribution in [0.25, 0.3) is 16.5 Å². The number of imidazole rings is 1. The first-order chi connectivity index (χ1) is 15.9. The number of carboxylic acids is 2. The third-order valence-corrected chi connectivity index (χ3v) is 5.10. The van der Waals surface area contributed by atoms with E-state index in [1.54, 1.807) is 13.3 Å². The van der Waals surface area contributed by atoms with Gasteiger partial charge in [0, 0.05) is 30.7 Å². The lowest BCUT2D eigenvalue weighted by molar-refractivity contribution is -0.159. The second kappa shape index (κ2) is 10.9. The number of nitrogens with one attached hydrogen (secondary N) is 1. The van der Waals surface area contributed by atoms with Gasteiger partial charge in [-0.05, 0) is 59.2 Å². The highest BCUT2D eigenvalue weighted by Crippen LogP contribution is 2.22. The largest absolute Gasteiger partial charge is 0.497 e. The minimum atomic E-state index is -1.82. The molecule has 4 aromatic rings. The zero-order valence-electron chi connectivity index (χ0n) is 18.3. The minimum absolute atomic E-state index is 0.272. The highest BCUT2D eigenvalue weighted by molar-refractivity contribution is 6.27. The maximum absolute atomic E-state index is 9.10. The molecule has 0 aliphatic rings. The molecule has 0 amide bonds. The lowest BCUT2D eigenvalue weighted by atomic mass is 10.1. The molecule has 0 saturated heterocycles. The Bertz CT molecular complexity index is 1210. The fourth-order valence-electron chi connectivity index (χ4n) is 3.25. The summed E-state index contributed by atoms with van der Waals surface area (Å²) in [6.07, 6.45) is 5.55. The molecule has 0 aliphatic heterocycles. The van der Waals surface area contributed by atoms with Crippen molar-refractivity contribution in [1.82, 2.24) is 14.9 Å². The van der Waals surface area contributed by atoms with Crippen molar-refractivity contribution in [2.45, 2.75) is 19.5 Å². The number of carboxylic acid groups (broad SMARTS) is 2. The van der Waals surface area contributed by atoms with Crippen LogP contribution >= 0.6 is 0 Å². The van der Waals surface area contributed by atoms with Crippen LogP contribution in [-0.2, 0) is 16.1 Å². The van der Waals surface area contributed by atoms with Crippen LogP contribution in [0.15, 0.2) is 79.4 Å². The normalized spacial score (nSPS) is 11.3. The molecule has 1 unspecified atom stereocenters. The minimum Gasteiger partial charge on any atom is -0.497 e. The van der Waals surface area contributed by atoms with Gasteiger partial charge in [0.2, 0.25) is 0 Å². The van der Waals surface area contributed by atoms with Crippen LogP contribution in [-0.4, -0.2) is 38.8 Å². The fraction of sp³-hybridized carbons (Fsp3) is 0.160. The van der Waals surface area contributed by atoms with E-state index >= 15 is 0 Å². The van der Waals surface area contributed by atoms with Crippen molar-refractivity contribution in [1.29, 1.82) is 0 Å². The SMILES string of the molecule is COc1ccc2cc(CNC(C)c3ccc(-n4ccnc4)cc3)ccc2c1.O=C(O)C(=O)O. The molecule has 3 aromatic carbocycles. The summed E-state index contributed by atoms with van der Waals surface area (Å²) in [5.74, 6) is -2.76. The van der Waals surface area contributed by atoms with Gasteiger partial charge in [0.1, 0.15) is 5.75 Å². The smallest absolute Gasteiger partial charge is 0.414 e. The van der Waals surface area contributed by atoms with Crippen molar-refractivity contribution in [3.8, 4) is 11.4 Å². The van der Waals surface area contributed by atoms with Crippen molar-refractivity contribution >= 4 is 22.7 Å². The van der Waals surface area contributed by atoms with Gasteiger partial charge in [-0.3, -0.25) is 0 Å². The summed E-state index contributed by atoms with van der Waals surface area (Å²) in [6, 6.07) is 21.6. The van der Waals surface area contributed by atoms with Crippen molar-refractivity contribution in [3.05, 3.63) is 90.5 Å². The van der Waals surface area contributed by atoms with Gasteiger partial charge in [-0.15, -0.1) is 0 Å². The van der Waals surface area contributed by atoms with Gasteiger partial charge in [-0.25, -0.2) is 14.6 Å². The number of hydrogen-bond donors (Lipinski definition) is 3. The monoisotopic (exact) mass is 447 g/mol. The number of aromatic nitrogens is 2. The summed E-state index contributed by atoms with van der Waals surface area (Å²) in [7, 11) is 1.70. The highest BCUT2D eigenvalue weighted by atomic mass is 16.5. The van der Waals surface area contributed by atoms with E-state index in [4.69, 9.17) is 24.5 Å². The topological polar surface area (TPSA) is 114 Å². The van der Waals surface area contributed by atoms with E-state index in [0.29, 0.717) is 0 Å². The first kappa shape index (κ1) is 23.5. The van der Waals surface area contributed by atoms with E-state index in [2.05, 4.69) is 71.8 Å². The zero-order valence-corrected chi connectivity index (χ0v) is 18.3. The Balaban J connectivity index is 0.000000454. The van der Waals surface area contributed by atoms with Gasteiger partial charge in [0.25, 0.3) is 0 Å². The highest BCUT2D eigenvalue weighted by Gasteiger charge is 2.06. The van der Waals surface area contributed by atoms with Crippen molar-refractivity contribution in [3.63, 3.8) is 0 Å². The fourth-order valence-corrected chi connectivity index (χ4v) is 3.25. The third kappa shape index (κ3) is 6.41. The molecular formula is C25H25N3O5. The van der Waals surface area contributed by atoms with Gasteiger partial charge in [0.15, 0.2) is 0 Å². The Labute approximate surface area is 191 Å². The summed E-state index contributed by atoms with van der Waals surface area (Å²) in [5, 5.41) is 20.8. The molecule has 170 valence electrons. The second-order valence-electron chi connectivity index (χ2n) is 7.32. The second-order valence-corrected chi connectivity index (χ2v) is 7.32. The first-order valence-electron chi connectivity index (χ1n) is 10.2. The Morgan fingerprint density at radius 2 is 1.67 bits per heavy atom. The third-order valence-electron chi connectivity index (χ3n) is 5.10. The van der Waals surface area contributed by atoms with Crippen LogP contribution in [0.4, 0.5) is 0 Å². The van der Waals surface area contributed by atoms with Crippen LogP contribution in [0, 0.1) is 0 Å². The molecule has 0 bridgehead atoms. The molecule has 4 rings (SSSR count). The number of hydrogen-bond acceptors (Lipinski definition) is 5. The summed E-state index contributed by atoms with van der Waals surface area (Å²) in [5.41, 5.74) is 3.66. The van der Waals surface area contributed by atoms with Gasteiger partial charge in [-0.1, -0.05) is 30.3 Å². The number of carbonyl (C=O) groups is 2. The average Bonchev–Trinajstić information content (AvgIpc) is 3.37. The number of methoxy groups -OCH3 is 1. The molecule has 1 atom stereocenters. The number of rotatable bonds is 6. The number of nitrogens with zero attached hydrogens (tertiary/aromatic N) is 2. The van der Waals surface area contributed by atoms with E-state index in [-0.39, 0.29) is 6.04 Å². The lowest BCUT2D eigenvalue weighted by Crippen LogP contribution is -2.18. The maximum Gasteiger partial charge on any atom is 0.414 e. The standard InChI is InChI=1S/C23H23N3O.C2H2O4/c1-17(19-5-8-22(9-6-19)26-12-11-24-16-26)25-15-18-3-4-21-14-23(27-2)10-7-20(21)13-18;3-1(4)2(5)6/h3-14,16-17,25H,15H2,1-2H3;(H,3,4)(H,5,6). The molecule has 0 aliphatic carbocycles. The molecule has 0 spiro atoms. The van der Waals surface area contributed by atoms with Gasteiger partial charge in [-0.2, -0.15) is 0 Å². The average molecular weight is 447 g/mol. The van der Waals surface area contributed by atoms with Gasteiger partial charge < -0.3 is 24.8 Å². The molecule has 0 saturated carbocycles. The molecule has 33 heavy (non-hydrogen) atoms. The predicted molar refractivity (Wildman–Crippen MR) is 125 cm³/mol. The van der Waals surface area contributed by atoms with E-state index in [9.17, 15) is 0 Å². The summed E-state index contributed by atoms with van der Waals surface area (Å²) >= 11 is 0. The van der Waals surface area contributed by atoms with Crippen molar-refractivity contribution in [2.75, 3.05) is 7.11 Å². The molecule has 8 heteroatoms. The van der Waals surface area contributed by atoms with Crippen molar-refractivity contribution in [2.24, 2.45) is 0 Å². The van der Waals surface area contributed by atoms with Crippen LogP contribution in [0.2, 0.25) is 0 Å². The molecule has 0 fully saturated rings. The van der Waals surface area contributed by atoms with E-state index in [1.807, 2.05) is 23.2 Å². The summed E-state index contributed by atoms with van der Waals surface area (Å²) < 4.78 is 7.30. The Hall–Kier alpha value is -4.17. The van der Waals surface area contributed by atoms with Gasteiger partial charge >= 0.3 is 11.9 Å². The van der Waals surface area contributed by atoms with Crippen LogP contribution in [0.3, 0.4) is 0 Å². The number of ether oxygens (including phenoxy) is 1. The summed E-state index contributed by atoms with van der Waals surface area (Å²) in [6.45, 7) is 3.02. The number of benzene rings is 3. The quantitative estimate of drug-likeness (QED) is 0.382. The molecular weight excluding hydrogens is 422 g/mol. The summed E-state index contributed by atoms with van der Waals surface area (Å²) in [4.78, 5) is 22.3. The molecule has 1 aromatic heterocycles. The van der Waals surface area contributed by atoms with Crippen LogP contribution in [0.1, 0.15) is 24.1 Å². The predicted octanol–water partition coefficient (Wildman–Crippen LogP) is 4.04. The molecule has 0 radical (unpaired) electrons. The maximum atomic E-state index is 9.10. The lowest BCUT2D eigenvalue weighted by Gasteiger charge is -2.15.